The van der Waals surface area contributed by atoms with Crippen molar-refractivity contribution in [1.82, 2.24) is 10.2 Å². The lowest BCUT2D eigenvalue weighted by Crippen LogP contribution is -2.45. The third kappa shape index (κ3) is 5.68. The molecule has 1 fully saturated rings. The highest BCUT2D eigenvalue weighted by atomic mass is 32.2. The van der Waals surface area contributed by atoms with Gasteiger partial charge in [0, 0.05) is 37.6 Å². The molecule has 1 saturated heterocycles. The van der Waals surface area contributed by atoms with Crippen molar-refractivity contribution in [3.05, 3.63) is 59.7 Å². The Morgan fingerprint density at radius 3 is 2.07 bits per heavy atom. The van der Waals surface area contributed by atoms with E-state index in [9.17, 15) is 13.5 Å². The average molecular weight is 405 g/mol. The van der Waals surface area contributed by atoms with Gasteiger partial charge in [-0.3, -0.25) is 4.90 Å². The second kappa shape index (κ2) is 8.91. The normalized spacial score (nSPS) is 21.2. The highest BCUT2D eigenvalue weighted by Crippen LogP contribution is 2.21. The van der Waals surface area contributed by atoms with Crippen molar-refractivity contribution in [2.24, 2.45) is 0 Å². The highest BCUT2D eigenvalue weighted by molar-refractivity contribution is 7.91. The van der Waals surface area contributed by atoms with Crippen molar-refractivity contribution in [1.29, 1.82) is 0 Å². The van der Waals surface area contributed by atoms with E-state index in [0.717, 1.165) is 16.8 Å². The SMILES string of the molecule is Nc1ccc(CNCCN(Cc2ccc(N)cc2)[C@@H]2CS(=O)(=O)C[C@H]2O)cc1. The molecular weight excluding hydrogens is 376 g/mol. The standard InChI is InChI=1S/C20H28N4O3S/c21-17-5-1-15(2-6-17)11-23-9-10-24(12-16-3-7-18(22)8-4-16)19-13-28(26,27)14-20(19)25/h1-8,19-20,23,25H,9-14,21-22H2/t19-,20-/m1/s1. The van der Waals surface area contributed by atoms with Gasteiger partial charge in [-0.25, -0.2) is 8.42 Å². The molecule has 7 nitrogen and oxygen atoms in total. The summed E-state index contributed by atoms with van der Waals surface area (Å²) in [4.78, 5) is 2.04. The third-order valence-electron chi connectivity index (χ3n) is 5.01. The molecule has 0 bridgehead atoms. The van der Waals surface area contributed by atoms with Crippen molar-refractivity contribution < 1.29 is 13.5 Å². The number of aliphatic hydroxyl groups excluding tert-OH is 1. The summed E-state index contributed by atoms with van der Waals surface area (Å²) in [6.45, 7) is 2.54. The van der Waals surface area contributed by atoms with E-state index in [2.05, 4.69) is 5.32 Å². The molecule has 1 aliphatic rings. The van der Waals surface area contributed by atoms with Gasteiger partial charge in [0.05, 0.1) is 23.7 Å². The minimum atomic E-state index is -3.21. The Kier molecular flexibility index (Phi) is 6.56. The van der Waals surface area contributed by atoms with Crippen LogP contribution < -0.4 is 16.8 Å². The van der Waals surface area contributed by atoms with Gasteiger partial charge in [0.25, 0.3) is 0 Å². The Morgan fingerprint density at radius 1 is 0.964 bits per heavy atom. The fraction of sp³-hybridized carbons (Fsp3) is 0.400. The predicted octanol–water partition coefficient (Wildman–Crippen LogP) is 0.601. The number of nitrogens with zero attached hydrogens (tertiary/aromatic N) is 1. The minimum absolute atomic E-state index is 0.0128. The maximum Gasteiger partial charge on any atom is 0.154 e. The van der Waals surface area contributed by atoms with Crippen LogP contribution in [0.25, 0.3) is 0 Å². The molecule has 152 valence electrons. The molecule has 0 spiro atoms. The molecule has 0 unspecified atom stereocenters. The topological polar surface area (TPSA) is 122 Å². The highest BCUT2D eigenvalue weighted by Gasteiger charge is 2.39. The summed E-state index contributed by atoms with van der Waals surface area (Å²) >= 11 is 0. The number of sulfone groups is 1. The molecule has 0 amide bonds. The first kappa shape index (κ1) is 20.6. The molecule has 28 heavy (non-hydrogen) atoms. The van der Waals surface area contributed by atoms with Crippen LogP contribution in [0.2, 0.25) is 0 Å². The molecule has 0 aliphatic carbocycles. The van der Waals surface area contributed by atoms with E-state index in [1.807, 2.05) is 53.4 Å². The number of nitrogens with one attached hydrogen (secondary N) is 1. The van der Waals surface area contributed by atoms with E-state index in [1.165, 1.54) is 0 Å². The Labute approximate surface area is 166 Å². The monoisotopic (exact) mass is 404 g/mol. The van der Waals surface area contributed by atoms with Gasteiger partial charge in [0.2, 0.25) is 0 Å². The molecule has 1 heterocycles. The van der Waals surface area contributed by atoms with Gasteiger partial charge in [0.15, 0.2) is 9.84 Å². The summed E-state index contributed by atoms with van der Waals surface area (Å²) in [5, 5.41) is 13.7. The van der Waals surface area contributed by atoms with Crippen LogP contribution in [0.3, 0.4) is 0 Å². The van der Waals surface area contributed by atoms with E-state index >= 15 is 0 Å². The van der Waals surface area contributed by atoms with Crippen molar-refractivity contribution in [3.8, 4) is 0 Å². The molecule has 0 radical (unpaired) electrons. The van der Waals surface area contributed by atoms with Crippen LogP contribution in [0.1, 0.15) is 11.1 Å². The summed E-state index contributed by atoms with van der Waals surface area (Å²) in [6.07, 6.45) is -0.865. The number of anilines is 2. The van der Waals surface area contributed by atoms with Crippen molar-refractivity contribution >= 4 is 21.2 Å². The molecule has 8 heteroatoms. The molecule has 2 atom stereocenters. The first-order valence-electron chi connectivity index (χ1n) is 9.34. The zero-order valence-electron chi connectivity index (χ0n) is 15.8. The van der Waals surface area contributed by atoms with Crippen molar-refractivity contribution in [2.45, 2.75) is 25.2 Å². The van der Waals surface area contributed by atoms with Gasteiger partial charge >= 0.3 is 0 Å². The Balaban J connectivity index is 1.62. The Hall–Kier alpha value is -2.13. The predicted molar refractivity (Wildman–Crippen MR) is 112 cm³/mol. The largest absolute Gasteiger partial charge is 0.399 e. The summed E-state index contributed by atoms with van der Waals surface area (Å²) < 4.78 is 23.9. The number of rotatable bonds is 8. The first-order chi connectivity index (χ1) is 13.3. The molecule has 2 aromatic rings. The van der Waals surface area contributed by atoms with E-state index in [-0.39, 0.29) is 11.5 Å². The van der Waals surface area contributed by atoms with Gasteiger partial charge < -0.3 is 21.9 Å². The molecule has 6 N–H and O–H groups in total. The molecule has 2 aromatic carbocycles. The molecule has 0 aromatic heterocycles. The number of aliphatic hydroxyl groups is 1. The lowest BCUT2D eigenvalue weighted by atomic mass is 10.1. The van der Waals surface area contributed by atoms with E-state index in [1.54, 1.807) is 0 Å². The van der Waals surface area contributed by atoms with Crippen LogP contribution in [0.4, 0.5) is 11.4 Å². The molecular formula is C20H28N4O3S. The van der Waals surface area contributed by atoms with Crippen LogP contribution >= 0.6 is 0 Å². The Bertz CT molecular complexity index is 869. The average Bonchev–Trinajstić information content (AvgIpc) is 2.93. The van der Waals surface area contributed by atoms with Crippen LogP contribution in [-0.2, 0) is 22.9 Å². The first-order valence-corrected chi connectivity index (χ1v) is 11.2. The zero-order valence-corrected chi connectivity index (χ0v) is 16.6. The van der Waals surface area contributed by atoms with Crippen molar-refractivity contribution in [2.75, 3.05) is 36.1 Å². The quantitative estimate of drug-likeness (QED) is 0.375. The summed E-state index contributed by atoms with van der Waals surface area (Å²) in [6, 6.07) is 14.8. The third-order valence-corrected chi connectivity index (χ3v) is 6.71. The van der Waals surface area contributed by atoms with Crippen LogP contribution in [-0.4, -0.2) is 55.2 Å². The molecule has 1 aliphatic heterocycles. The fourth-order valence-corrected chi connectivity index (χ4v) is 5.30. The van der Waals surface area contributed by atoms with E-state index in [0.29, 0.717) is 31.9 Å². The van der Waals surface area contributed by atoms with Gasteiger partial charge in [-0.1, -0.05) is 24.3 Å². The van der Waals surface area contributed by atoms with Crippen LogP contribution in [0.5, 0.6) is 0 Å². The number of nitrogens with two attached hydrogens (primary N) is 2. The lowest BCUT2D eigenvalue weighted by Gasteiger charge is -2.30. The van der Waals surface area contributed by atoms with Crippen molar-refractivity contribution in [3.63, 3.8) is 0 Å². The maximum atomic E-state index is 12.0. The number of benzene rings is 2. The minimum Gasteiger partial charge on any atom is -0.399 e. The second-order valence-corrected chi connectivity index (χ2v) is 9.50. The van der Waals surface area contributed by atoms with Crippen LogP contribution in [0, 0.1) is 0 Å². The van der Waals surface area contributed by atoms with Gasteiger partial charge in [0.1, 0.15) is 0 Å². The van der Waals surface area contributed by atoms with Gasteiger partial charge in [-0.05, 0) is 35.4 Å². The Morgan fingerprint density at radius 2 is 1.54 bits per heavy atom. The van der Waals surface area contributed by atoms with Gasteiger partial charge in [-0.15, -0.1) is 0 Å². The smallest absolute Gasteiger partial charge is 0.154 e. The molecule has 0 saturated carbocycles. The summed E-state index contributed by atoms with van der Waals surface area (Å²) in [5.41, 5.74) is 15.0. The van der Waals surface area contributed by atoms with E-state index in [4.69, 9.17) is 11.5 Å². The maximum absolute atomic E-state index is 12.0. The fourth-order valence-electron chi connectivity index (χ4n) is 3.47. The van der Waals surface area contributed by atoms with Gasteiger partial charge in [-0.2, -0.15) is 0 Å². The summed E-state index contributed by atoms with van der Waals surface area (Å²) in [5.74, 6) is -0.185. The summed E-state index contributed by atoms with van der Waals surface area (Å²) in [7, 11) is -3.21. The lowest BCUT2D eigenvalue weighted by molar-refractivity contribution is 0.0786. The van der Waals surface area contributed by atoms with Crippen LogP contribution in [0.15, 0.2) is 48.5 Å². The zero-order chi connectivity index (χ0) is 20.1. The second-order valence-electron chi connectivity index (χ2n) is 7.34. The van der Waals surface area contributed by atoms with E-state index < -0.39 is 22.0 Å². The number of nitrogen functional groups attached to an aromatic ring is 2. The number of hydrogen-bond acceptors (Lipinski definition) is 7. The molecule has 3 rings (SSSR count). The number of hydrogen-bond donors (Lipinski definition) is 4.